The Morgan fingerprint density at radius 1 is 1.25 bits per heavy atom. The Kier molecular flexibility index (Phi) is 3.86. The second-order valence-electron chi connectivity index (χ2n) is 6.00. The number of carbonyl (C=O) groups is 2. The highest BCUT2D eigenvalue weighted by molar-refractivity contribution is 7.89. The first-order valence-corrected chi connectivity index (χ1v) is 9.27. The molecule has 0 aromatic heterocycles. The number of ketones is 2. The zero-order valence-corrected chi connectivity index (χ0v) is 13.5. The third-order valence-corrected chi connectivity index (χ3v) is 4.56. The van der Waals surface area contributed by atoms with E-state index >= 15 is 0 Å². The molecule has 0 saturated heterocycles. The van der Waals surface area contributed by atoms with Gasteiger partial charge in [-0.25, -0.2) is 8.42 Å². The zero-order chi connectivity index (χ0) is 17.7. The van der Waals surface area contributed by atoms with Crippen molar-refractivity contribution in [3.05, 3.63) is 23.3 Å². The molecule has 1 aliphatic carbocycles. The van der Waals surface area contributed by atoms with E-state index in [0.29, 0.717) is 0 Å². The van der Waals surface area contributed by atoms with E-state index in [1.54, 1.807) is 0 Å². The van der Waals surface area contributed by atoms with Gasteiger partial charge in [-0.05, 0) is 25.0 Å². The van der Waals surface area contributed by atoms with Crippen LogP contribution in [0.2, 0.25) is 0 Å². The Balaban J connectivity index is 1.99. The van der Waals surface area contributed by atoms with E-state index in [1.165, 1.54) is 6.07 Å². The number of rotatable bonds is 6. The van der Waals surface area contributed by atoms with Crippen molar-refractivity contribution in [1.29, 1.82) is 0 Å². The van der Waals surface area contributed by atoms with Gasteiger partial charge in [-0.2, -0.15) is 0 Å². The monoisotopic (exact) mass is 360 g/mol. The van der Waals surface area contributed by atoms with E-state index in [-0.39, 0.29) is 28.6 Å². The van der Waals surface area contributed by atoms with Gasteiger partial charge in [0.25, 0.3) is 0 Å². The van der Waals surface area contributed by atoms with Crippen LogP contribution >= 0.6 is 0 Å². The number of sulfone groups is 1. The molecule has 0 amide bonds. The van der Waals surface area contributed by atoms with Gasteiger partial charge < -0.3 is 9.47 Å². The predicted molar refractivity (Wildman–Crippen MR) is 77.9 cm³/mol. The molecule has 0 spiro atoms. The maximum Gasteiger partial charge on any atom is 0.586 e. The molecular weight excluding hydrogens is 346 g/mol. The fourth-order valence-electron chi connectivity index (χ4n) is 2.54. The molecule has 1 saturated carbocycles. The molecule has 0 N–H and O–H groups in total. The van der Waals surface area contributed by atoms with Crippen LogP contribution < -0.4 is 9.47 Å². The fraction of sp³-hybridized carbons (Fsp3) is 0.467. The maximum absolute atomic E-state index is 13.3. The molecule has 1 heterocycles. The molecule has 0 atom stereocenters. The predicted octanol–water partition coefficient (Wildman–Crippen LogP) is 2.10. The molecule has 1 fully saturated rings. The molecule has 24 heavy (non-hydrogen) atoms. The van der Waals surface area contributed by atoms with Gasteiger partial charge in [0, 0.05) is 23.3 Å². The van der Waals surface area contributed by atoms with Crippen molar-refractivity contribution in [2.75, 3.05) is 6.26 Å². The molecule has 1 aliphatic heterocycles. The maximum atomic E-state index is 13.3. The molecule has 0 radical (unpaired) electrons. The minimum Gasteiger partial charge on any atom is -0.395 e. The molecule has 0 bridgehead atoms. The smallest absolute Gasteiger partial charge is 0.395 e. The van der Waals surface area contributed by atoms with Gasteiger partial charge in [-0.15, -0.1) is 8.78 Å². The van der Waals surface area contributed by atoms with Crippen molar-refractivity contribution in [3.63, 3.8) is 0 Å². The molecule has 1 aromatic rings. The number of hydrogen-bond donors (Lipinski definition) is 0. The first-order chi connectivity index (χ1) is 11.1. The summed E-state index contributed by atoms with van der Waals surface area (Å²) in [7, 11) is -3.64. The SMILES string of the molecule is CS(=O)(=O)Cc1c(C(=O)CC(=O)C2CC2)ccc2c1OC(F)(F)O2. The molecule has 3 rings (SSSR count). The number of hydrogen-bond acceptors (Lipinski definition) is 6. The van der Waals surface area contributed by atoms with Gasteiger partial charge >= 0.3 is 6.29 Å². The highest BCUT2D eigenvalue weighted by Crippen LogP contribution is 2.45. The van der Waals surface area contributed by atoms with E-state index in [4.69, 9.17) is 0 Å². The number of alkyl halides is 2. The van der Waals surface area contributed by atoms with Gasteiger partial charge in [0.15, 0.2) is 27.1 Å². The zero-order valence-electron chi connectivity index (χ0n) is 12.7. The summed E-state index contributed by atoms with van der Waals surface area (Å²) in [4.78, 5) is 24.2. The van der Waals surface area contributed by atoms with Crippen LogP contribution in [0.3, 0.4) is 0 Å². The Morgan fingerprint density at radius 3 is 2.50 bits per heavy atom. The standard InChI is InChI=1S/C15H14F2O6S/c1-24(20,21)7-10-9(12(19)6-11(18)8-2-3-8)4-5-13-14(10)23-15(16,17)22-13/h4-5,8H,2-3,6-7H2,1H3. The first-order valence-electron chi connectivity index (χ1n) is 7.21. The molecule has 130 valence electrons. The summed E-state index contributed by atoms with van der Waals surface area (Å²) < 4.78 is 58.4. The van der Waals surface area contributed by atoms with Crippen LogP contribution in [0.4, 0.5) is 8.78 Å². The number of fused-ring (bicyclic) bond motifs is 1. The number of ether oxygens (including phenoxy) is 2. The van der Waals surface area contributed by atoms with Crippen molar-refractivity contribution in [2.45, 2.75) is 31.3 Å². The minimum atomic E-state index is -3.93. The van der Waals surface area contributed by atoms with Crippen molar-refractivity contribution < 1.29 is 36.3 Å². The molecule has 6 nitrogen and oxygen atoms in total. The normalized spacial score (nSPS) is 18.5. The Hall–Kier alpha value is -2.03. The number of benzene rings is 1. The number of carbonyl (C=O) groups excluding carboxylic acids is 2. The van der Waals surface area contributed by atoms with Crippen molar-refractivity contribution >= 4 is 21.4 Å². The number of Topliss-reactive ketones (excluding diaryl/α,β-unsaturated/α-hetero) is 2. The average Bonchev–Trinajstić information content (AvgIpc) is 3.20. The van der Waals surface area contributed by atoms with E-state index < -0.39 is 39.8 Å². The second kappa shape index (κ2) is 5.51. The van der Waals surface area contributed by atoms with Crippen LogP contribution in [0.1, 0.15) is 35.2 Å². The Labute approximate surface area is 136 Å². The summed E-state index contributed by atoms with van der Waals surface area (Å²) in [5.41, 5.74) is -0.324. The third-order valence-electron chi connectivity index (χ3n) is 3.75. The van der Waals surface area contributed by atoms with Gasteiger partial charge in [-0.3, -0.25) is 9.59 Å². The quantitative estimate of drug-likeness (QED) is 0.570. The molecule has 1 aromatic carbocycles. The van der Waals surface area contributed by atoms with E-state index in [9.17, 15) is 26.8 Å². The summed E-state index contributed by atoms with van der Waals surface area (Å²) in [6, 6.07) is 2.30. The van der Waals surface area contributed by atoms with Gasteiger partial charge in [0.2, 0.25) is 0 Å². The summed E-state index contributed by atoms with van der Waals surface area (Å²) in [5.74, 6) is -2.47. The topological polar surface area (TPSA) is 86.7 Å². The minimum absolute atomic E-state index is 0.116. The molecule has 9 heteroatoms. The van der Waals surface area contributed by atoms with Crippen LogP contribution in [0.25, 0.3) is 0 Å². The van der Waals surface area contributed by atoms with E-state index in [2.05, 4.69) is 9.47 Å². The largest absolute Gasteiger partial charge is 0.586 e. The summed E-state index contributed by atoms with van der Waals surface area (Å²) in [6.45, 7) is 0. The third kappa shape index (κ3) is 3.55. The van der Waals surface area contributed by atoms with Gasteiger partial charge in [0.05, 0.1) is 12.2 Å². The lowest BCUT2D eigenvalue weighted by Gasteiger charge is -2.11. The van der Waals surface area contributed by atoms with Crippen LogP contribution in [0.15, 0.2) is 12.1 Å². The second-order valence-corrected chi connectivity index (χ2v) is 8.14. The van der Waals surface area contributed by atoms with Gasteiger partial charge in [0.1, 0.15) is 5.78 Å². The summed E-state index contributed by atoms with van der Waals surface area (Å²) in [6.07, 6.45) is -1.95. The van der Waals surface area contributed by atoms with Crippen LogP contribution in [-0.2, 0) is 20.4 Å². The molecule has 2 aliphatic rings. The average molecular weight is 360 g/mol. The van der Waals surface area contributed by atoms with Crippen LogP contribution in [-0.4, -0.2) is 32.5 Å². The number of halogens is 2. The summed E-state index contributed by atoms with van der Waals surface area (Å²) in [5, 5.41) is 0. The fourth-order valence-corrected chi connectivity index (χ4v) is 3.35. The summed E-state index contributed by atoms with van der Waals surface area (Å²) >= 11 is 0. The lowest BCUT2D eigenvalue weighted by atomic mass is 9.98. The van der Waals surface area contributed by atoms with Crippen molar-refractivity contribution in [3.8, 4) is 11.5 Å². The van der Waals surface area contributed by atoms with E-state index in [1.807, 2.05) is 0 Å². The van der Waals surface area contributed by atoms with Gasteiger partial charge in [-0.1, -0.05) is 0 Å². The lowest BCUT2D eigenvalue weighted by molar-refractivity contribution is -0.286. The van der Waals surface area contributed by atoms with E-state index in [0.717, 1.165) is 25.2 Å². The Morgan fingerprint density at radius 2 is 1.92 bits per heavy atom. The molecular formula is C15H14F2O6S. The highest BCUT2D eigenvalue weighted by atomic mass is 32.2. The lowest BCUT2D eigenvalue weighted by Crippen LogP contribution is -2.26. The molecule has 0 unspecified atom stereocenters. The van der Waals surface area contributed by atoms with Crippen LogP contribution in [0, 0.1) is 5.92 Å². The van der Waals surface area contributed by atoms with Crippen molar-refractivity contribution in [2.24, 2.45) is 5.92 Å². The first kappa shape index (κ1) is 16.8. The van der Waals surface area contributed by atoms with Crippen LogP contribution in [0.5, 0.6) is 11.5 Å². The Bertz CT molecular complexity index is 827. The van der Waals surface area contributed by atoms with Crippen molar-refractivity contribution in [1.82, 2.24) is 0 Å². The highest BCUT2D eigenvalue weighted by Gasteiger charge is 2.45.